The Labute approximate surface area is 82.1 Å². The van der Waals surface area contributed by atoms with Crippen molar-refractivity contribution in [2.75, 3.05) is 0 Å². The Morgan fingerprint density at radius 3 is 2.43 bits per heavy atom. The van der Waals surface area contributed by atoms with E-state index in [2.05, 4.69) is 4.98 Å². The van der Waals surface area contributed by atoms with Crippen LogP contribution in [0.4, 0.5) is 5.82 Å². The van der Waals surface area contributed by atoms with Gasteiger partial charge in [0.15, 0.2) is 0 Å². The first-order valence-electron chi connectivity index (χ1n) is 4.10. The van der Waals surface area contributed by atoms with E-state index in [4.69, 9.17) is 0 Å². The lowest BCUT2D eigenvalue weighted by Crippen LogP contribution is -1.97. The zero-order chi connectivity index (χ0) is 9.97. The van der Waals surface area contributed by atoms with Crippen LogP contribution in [-0.2, 0) is 0 Å². The summed E-state index contributed by atoms with van der Waals surface area (Å²) in [7, 11) is 0. The van der Waals surface area contributed by atoms with Crippen LogP contribution in [0.25, 0.3) is 0 Å². The lowest BCUT2D eigenvalue weighted by molar-refractivity contribution is -0.389. The lowest BCUT2D eigenvalue weighted by Gasteiger charge is -2.04. The molecule has 4 heteroatoms. The fourth-order valence-corrected chi connectivity index (χ4v) is 1.23. The molecule has 0 aliphatic heterocycles. The second-order valence-electron chi connectivity index (χ2n) is 2.84. The third-order valence-corrected chi connectivity index (χ3v) is 1.93. The number of nitro groups is 1. The minimum atomic E-state index is -0.505. The molecule has 0 amide bonds. The maximum absolute atomic E-state index is 10.3. The molecule has 14 heavy (non-hydrogen) atoms. The molecule has 2 rings (SSSR count). The molecule has 0 atom stereocenters. The highest BCUT2D eigenvalue weighted by Crippen LogP contribution is 2.29. The zero-order valence-corrected chi connectivity index (χ0v) is 7.25. The van der Waals surface area contributed by atoms with Crippen LogP contribution in [0.15, 0.2) is 18.3 Å². The van der Waals surface area contributed by atoms with Crippen molar-refractivity contribution in [2.24, 2.45) is 0 Å². The maximum Gasteiger partial charge on any atom is 0.363 e. The highest BCUT2D eigenvalue weighted by molar-refractivity contribution is 5.49. The third-order valence-electron chi connectivity index (χ3n) is 1.93. The van der Waals surface area contributed by atoms with Crippen LogP contribution in [0.2, 0.25) is 0 Å². The van der Waals surface area contributed by atoms with Crippen molar-refractivity contribution in [3.63, 3.8) is 0 Å². The molecule has 0 aromatic carbocycles. The summed E-state index contributed by atoms with van der Waals surface area (Å²) in [5.41, 5.74) is 0.889. The number of rotatable bonds is 2. The highest BCUT2D eigenvalue weighted by atomic mass is 16.6. The predicted molar refractivity (Wildman–Crippen MR) is 50.4 cm³/mol. The molecule has 1 saturated carbocycles. The molecule has 0 bridgehead atoms. The van der Waals surface area contributed by atoms with Gasteiger partial charge in [-0.25, -0.2) is 0 Å². The van der Waals surface area contributed by atoms with Gasteiger partial charge in [-0.15, -0.1) is 0 Å². The summed E-state index contributed by atoms with van der Waals surface area (Å²) in [5, 5.41) is 10.3. The minimum Gasteiger partial charge on any atom is -0.358 e. The zero-order valence-electron chi connectivity index (χ0n) is 7.25. The number of hydrogen-bond donors (Lipinski definition) is 0. The van der Waals surface area contributed by atoms with Gasteiger partial charge in [0.05, 0.1) is 0 Å². The molecule has 0 unspecified atom stereocenters. The Morgan fingerprint density at radius 1 is 1.21 bits per heavy atom. The normalized spacial score (nSPS) is 17.1. The summed E-state index contributed by atoms with van der Waals surface area (Å²) >= 11 is 0. The number of pyridine rings is 1. The minimum absolute atomic E-state index is 0.125. The average molecular weight is 187 g/mol. The van der Waals surface area contributed by atoms with Gasteiger partial charge in [0.25, 0.3) is 0 Å². The SMILES string of the molecule is O=[N+]([O-])c1ccc([C]2[CH][CH][CH][CH]2)cn1. The quantitative estimate of drug-likeness (QED) is 0.523. The van der Waals surface area contributed by atoms with Gasteiger partial charge in [0, 0.05) is 17.5 Å². The van der Waals surface area contributed by atoms with Crippen LogP contribution in [0.3, 0.4) is 0 Å². The van der Waals surface area contributed by atoms with Gasteiger partial charge in [0.2, 0.25) is 0 Å². The van der Waals surface area contributed by atoms with Crippen LogP contribution >= 0.6 is 0 Å². The lowest BCUT2D eigenvalue weighted by atomic mass is 10.00. The fraction of sp³-hybridized carbons (Fsp3) is 0. The van der Waals surface area contributed by atoms with Crippen LogP contribution in [-0.4, -0.2) is 9.91 Å². The monoisotopic (exact) mass is 187 g/mol. The summed E-state index contributed by atoms with van der Waals surface area (Å²) in [6.45, 7) is 0. The molecule has 4 nitrogen and oxygen atoms in total. The van der Waals surface area contributed by atoms with Crippen molar-refractivity contribution >= 4 is 5.82 Å². The Bertz CT molecular complexity index is 328. The molecular weight excluding hydrogens is 180 g/mol. The summed E-state index contributed by atoms with van der Waals surface area (Å²) in [6.07, 6.45) is 9.20. The Hall–Kier alpha value is -1.45. The molecule has 1 heterocycles. The molecule has 1 aliphatic carbocycles. The maximum atomic E-state index is 10.3. The molecule has 1 aromatic rings. The van der Waals surface area contributed by atoms with Crippen LogP contribution in [0.5, 0.6) is 0 Å². The first-order valence-corrected chi connectivity index (χ1v) is 4.10. The van der Waals surface area contributed by atoms with E-state index < -0.39 is 4.92 Å². The van der Waals surface area contributed by atoms with Gasteiger partial charge >= 0.3 is 5.82 Å². The van der Waals surface area contributed by atoms with E-state index in [1.807, 2.05) is 25.7 Å². The summed E-state index contributed by atoms with van der Waals surface area (Å²) in [5.74, 6) is 0.896. The van der Waals surface area contributed by atoms with E-state index in [1.54, 1.807) is 6.07 Å². The second kappa shape index (κ2) is 3.74. The highest BCUT2D eigenvalue weighted by Gasteiger charge is 2.20. The molecule has 0 saturated heterocycles. The summed E-state index contributed by atoms with van der Waals surface area (Å²) in [4.78, 5) is 13.6. The average Bonchev–Trinajstić information content (AvgIpc) is 2.71. The molecular formula is C10H7N2O2. The summed E-state index contributed by atoms with van der Waals surface area (Å²) < 4.78 is 0. The first-order chi connectivity index (χ1) is 6.77. The van der Waals surface area contributed by atoms with E-state index in [-0.39, 0.29) is 5.82 Å². The molecule has 0 spiro atoms. The van der Waals surface area contributed by atoms with Crippen LogP contribution in [0.1, 0.15) is 5.56 Å². The fourth-order valence-electron chi connectivity index (χ4n) is 1.23. The van der Waals surface area contributed by atoms with Crippen molar-refractivity contribution in [1.82, 2.24) is 4.98 Å². The predicted octanol–water partition coefficient (Wildman–Crippen LogP) is 1.74. The van der Waals surface area contributed by atoms with Gasteiger partial charge in [-0.05, 0) is 41.7 Å². The Kier molecular flexibility index (Phi) is 2.43. The van der Waals surface area contributed by atoms with E-state index in [0.29, 0.717) is 0 Å². The van der Waals surface area contributed by atoms with Gasteiger partial charge in [0.1, 0.15) is 6.20 Å². The Balaban J connectivity index is 2.16. The second-order valence-corrected chi connectivity index (χ2v) is 2.84. The van der Waals surface area contributed by atoms with E-state index in [1.165, 1.54) is 12.3 Å². The topological polar surface area (TPSA) is 56.0 Å². The number of nitrogens with zero attached hydrogens (tertiary/aromatic N) is 2. The number of hydrogen-bond acceptors (Lipinski definition) is 3. The molecule has 1 aliphatic rings. The van der Waals surface area contributed by atoms with Crippen molar-refractivity contribution in [1.29, 1.82) is 0 Å². The van der Waals surface area contributed by atoms with E-state index in [9.17, 15) is 10.1 Å². The van der Waals surface area contributed by atoms with Crippen molar-refractivity contribution < 1.29 is 4.92 Å². The van der Waals surface area contributed by atoms with Crippen molar-refractivity contribution in [3.05, 3.63) is 65.6 Å². The van der Waals surface area contributed by atoms with Gasteiger partial charge in [-0.1, -0.05) is 0 Å². The van der Waals surface area contributed by atoms with Crippen LogP contribution < -0.4 is 0 Å². The third kappa shape index (κ3) is 1.73. The van der Waals surface area contributed by atoms with Gasteiger partial charge in [-0.2, -0.15) is 0 Å². The molecule has 1 aromatic heterocycles. The van der Waals surface area contributed by atoms with E-state index in [0.717, 1.165) is 11.5 Å². The molecule has 1 fully saturated rings. The van der Waals surface area contributed by atoms with Crippen molar-refractivity contribution in [3.8, 4) is 0 Å². The van der Waals surface area contributed by atoms with Crippen molar-refractivity contribution in [2.45, 2.75) is 0 Å². The molecule has 69 valence electrons. The summed E-state index contributed by atoms with van der Waals surface area (Å²) in [6, 6.07) is 3.10. The van der Waals surface area contributed by atoms with E-state index >= 15 is 0 Å². The number of aromatic nitrogens is 1. The molecule has 5 radical (unpaired) electrons. The van der Waals surface area contributed by atoms with Gasteiger partial charge < -0.3 is 10.1 Å². The molecule has 0 N–H and O–H groups in total. The standard InChI is InChI=1S/C10H7N2O2/c13-12(14)10-6-5-9(7-11-10)8-3-1-2-4-8/h1-7H. The Morgan fingerprint density at radius 2 is 1.93 bits per heavy atom. The first kappa shape index (κ1) is 9.12. The smallest absolute Gasteiger partial charge is 0.358 e. The van der Waals surface area contributed by atoms with Crippen LogP contribution in [0, 0.1) is 41.7 Å². The van der Waals surface area contributed by atoms with Gasteiger partial charge in [-0.3, -0.25) is 0 Å². The largest absolute Gasteiger partial charge is 0.363 e.